The van der Waals surface area contributed by atoms with E-state index in [1.54, 1.807) is 47.4 Å². The summed E-state index contributed by atoms with van der Waals surface area (Å²) in [6.45, 7) is 0.317. The molecule has 1 fully saturated rings. The lowest BCUT2D eigenvalue weighted by Crippen LogP contribution is -2.40. The van der Waals surface area contributed by atoms with Crippen LogP contribution in [0.5, 0.6) is 0 Å². The number of rotatable bonds is 3. The number of nitrogens with one attached hydrogen (secondary N) is 2. The van der Waals surface area contributed by atoms with E-state index < -0.39 is 11.9 Å². The Kier molecular flexibility index (Phi) is 4.50. The standard InChI is InChI=1S/C22H19N5O4/c28-19(11-26-12-23-16-5-2-1-4-14(16)21(26)30)24-13-7-8-17-15(10-13)22(31)27-9-3-6-18(27)20(29)25-17/h1-2,4-5,7-8,10,12,18H,3,6,9,11H2,(H,24,28)(H,25,29)/t18-/m0/s1. The molecule has 31 heavy (non-hydrogen) atoms. The topological polar surface area (TPSA) is 113 Å². The first kappa shape index (κ1) is 19.0. The van der Waals surface area contributed by atoms with Gasteiger partial charge in [0, 0.05) is 12.2 Å². The van der Waals surface area contributed by atoms with Crippen molar-refractivity contribution in [3.8, 4) is 0 Å². The number of carbonyl (C=O) groups excluding carboxylic acids is 3. The molecule has 0 aliphatic carbocycles. The molecule has 0 unspecified atom stereocenters. The monoisotopic (exact) mass is 417 g/mol. The third-order valence-electron chi connectivity index (χ3n) is 5.65. The van der Waals surface area contributed by atoms with Gasteiger partial charge in [-0.15, -0.1) is 0 Å². The maximum atomic E-state index is 12.9. The lowest BCUT2D eigenvalue weighted by molar-refractivity contribution is -0.119. The van der Waals surface area contributed by atoms with Crippen molar-refractivity contribution >= 4 is 40.0 Å². The molecule has 2 aliphatic rings. The van der Waals surface area contributed by atoms with E-state index in [4.69, 9.17) is 0 Å². The zero-order valence-corrected chi connectivity index (χ0v) is 16.5. The molecule has 9 nitrogen and oxygen atoms in total. The van der Waals surface area contributed by atoms with Gasteiger partial charge in [0.15, 0.2) is 0 Å². The van der Waals surface area contributed by atoms with Crippen LogP contribution >= 0.6 is 0 Å². The molecule has 0 bridgehead atoms. The van der Waals surface area contributed by atoms with Gasteiger partial charge in [0.25, 0.3) is 11.5 Å². The van der Waals surface area contributed by atoms with Crippen molar-refractivity contribution in [1.29, 1.82) is 0 Å². The van der Waals surface area contributed by atoms with Crippen LogP contribution in [-0.4, -0.2) is 44.8 Å². The van der Waals surface area contributed by atoms with E-state index in [9.17, 15) is 19.2 Å². The zero-order chi connectivity index (χ0) is 21.5. The highest BCUT2D eigenvalue weighted by Crippen LogP contribution is 2.30. The predicted octanol–water partition coefficient (Wildman–Crippen LogP) is 1.59. The second kappa shape index (κ2) is 7.35. The number of amides is 3. The van der Waals surface area contributed by atoms with E-state index in [1.165, 1.54) is 10.9 Å². The van der Waals surface area contributed by atoms with Crippen molar-refractivity contribution in [2.24, 2.45) is 0 Å². The number of fused-ring (bicyclic) bond motifs is 3. The summed E-state index contributed by atoms with van der Waals surface area (Å²) in [4.78, 5) is 56.2. The van der Waals surface area contributed by atoms with Gasteiger partial charge >= 0.3 is 0 Å². The Morgan fingerprint density at radius 2 is 2.00 bits per heavy atom. The maximum absolute atomic E-state index is 12.9. The van der Waals surface area contributed by atoms with E-state index in [-0.39, 0.29) is 23.9 Å². The normalized spacial score (nSPS) is 17.7. The van der Waals surface area contributed by atoms with E-state index in [0.29, 0.717) is 40.8 Å². The Bertz CT molecular complexity index is 1300. The highest BCUT2D eigenvalue weighted by atomic mass is 16.2. The van der Waals surface area contributed by atoms with Crippen LogP contribution in [0.3, 0.4) is 0 Å². The largest absolute Gasteiger partial charge is 0.327 e. The predicted molar refractivity (Wildman–Crippen MR) is 114 cm³/mol. The second-order valence-corrected chi connectivity index (χ2v) is 7.65. The number of hydrogen-bond acceptors (Lipinski definition) is 5. The minimum absolute atomic E-state index is 0.190. The highest BCUT2D eigenvalue weighted by Gasteiger charge is 2.38. The highest BCUT2D eigenvalue weighted by molar-refractivity contribution is 6.11. The summed E-state index contributed by atoms with van der Waals surface area (Å²) in [5, 5.41) is 5.95. The number of hydrogen-bond donors (Lipinski definition) is 2. The van der Waals surface area contributed by atoms with Crippen molar-refractivity contribution in [2.75, 3.05) is 17.2 Å². The van der Waals surface area contributed by atoms with E-state index in [1.807, 2.05) is 0 Å². The zero-order valence-electron chi connectivity index (χ0n) is 16.5. The van der Waals surface area contributed by atoms with Gasteiger partial charge in [0.1, 0.15) is 12.6 Å². The fourth-order valence-electron chi connectivity index (χ4n) is 4.14. The van der Waals surface area contributed by atoms with E-state index in [0.717, 1.165) is 6.42 Å². The number of anilines is 2. The molecule has 3 amide bonds. The molecule has 5 rings (SSSR count). The average Bonchev–Trinajstić information content (AvgIpc) is 3.23. The molecule has 0 radical (unpaired) electrons. The lowest BCUT2D eigenvalue weighted by atomic mass is 10.1. The number of benzene rings is 2. The quantitative estimate of drug-likeness (QED) is 0.672. The van der Waals surface area contributed by atoms with E-state index >= 15 is 0 Å². The van der Waals surface area contributed by atoms with Gasteiger partial charge in [-0.2, -0.15) is 0 Å². The van der Waals surface area contributed by atoms with Gasteiger partial charge in [-0.1, -0.05) is 12.1 Å². The molecule has 2 aromatic carbocycles. The first-order valence-corrected chi connectivity index (χ1v) is 10.0. The van der Waals surface area contributed by atoms with Crippen molar-refractivity contribution in [1.82, 2.24) is 14.5 Å². The number of nitrogens with zero attached hydrogens (tertiary/aromatic N) is 3. The fraction of sp³-hybridized carbons (Fsp3) is 0.227. The van der Waals surface area contributed by atoms with Gasteiger partial charge in [-0.25, -0.2) is 4.98 Å². The Labute approximate surface area is 176 Å². The third-order valence-corrected chi connectivity index (χ3v) is 5.65. The van der Waals surface area contributed by atoms with Crippen LogP contribution < -0.4 is 16.2 Å². The number of carbonyl (C=O) groups is 3. The molecule has 3 aromatic rings. The van der Waals surface area contributed by atoms with E-state index in [2.05, 4.69) is 15.6 Å². The van der Waals surface area contributed by atoms with Gasteiger partial charge in [-0.05, 0) is 43.2 Å². The molecule has 9 heteroatoms. The summed E-state index contributed by atoms with van der Waals surface area (Å²) >= 11 is 0. The first-order chi connectivity index (χ1) is 15.0. The third kappa shape index (κ3) is 3.33. The first-order valence-electron chi connectivity index (χ1n) is 10.0. The van der Waals surface area contributed by atoms with Gasteiger partial charge in [0.2, 0.25) is 11.8 Å². The van der Waals surface area contributed by atoms with Crippen molar-refractivity contribution in [3.05, 3.63) is 64.7 Å². The molecular weight excluding hydrogens is 398 g/mol. The van der Waals surface area contributed by atoms with Crippen LogP contribution in [0.1, 0.15) is 23.2 Å². The molecule has 1 saturated heterocycles. The smallest absolute Gasteiger partial charge is 0.261 e. The summed E-state index contributed by atoms with van der Waals surface area (Å²) in [5.74, 6) is -0.852. The minimum atomic E-state index is -0.454. The summed E-state index contributed by atoms with van der Waals surface area (Å²) in [6.07, 6.45) is 2.77. The molecule has 1 atom stereocenters. The molecule has 2 aliphatic heterocycles. The molecule has 156 valence electrons. The Balaban J connectivity index is 1.38. The van der Waals surface area contributed by atoms with Crippen LogP contribution in [0.2, 0.25) is 0 Å². The van der Waals surface area contributed by atoms with Gasteiger partial charge in [0.05, 0.1) is 28.5 Å². The average molecular weight is 417 g/mol. The lowest BCUT2D eigenvalue weighted by Gasteiger charge is -2.20. The molecule has 1 aromatic heterocycles. The maximum Gasteiger partial charge on any atom is 0.261 e. The van der Waals surface area contributed by atoms with Crippen LogP contribution in [0, 0.1) is 0 Å². The molecule has 0 saturated carbocycles. The Morgan fingerprint density at radius 1 is 1.16 bits per heavy atom. The number of para-hydroxylation sites is 1. The summed E-state index contributed by atoms with van der Waals surface area (Å²) < 4.78 is 1.24. The summed E-state index contributed by atoms with van der Waals surface area (Å²) in [6, 6.07) is 11.2. The van der Waals surface area contributed by atoms with Crippen molar-refractivity contribution in [2.45, 2.75) is 25.4 Å². The molecular formula is C22H19N5O4. The van der Waals surface area contributed by atoms with Crippen LogP contribution in [0.25, 0.3) is 10.9 Å². The Hall–Kier alpha value is -4.01. The molecule has 3 heterocycles. The molecule has 2 N–H and O–H groups in total. The SMILES string of the molecule is O=C(Cn1cnc2ccccc2c1=O)Nc1ccc2c(c1)C(=O)N1CCC[C@H]1C(=O)N2. The van der Waals surface area contributed by atoms with Gasteiger partial charge < -0.3 is 15.5 Å². The molecule has 0 spiro atoms. The second-order valence-electron chi connectivity index (χ2n) is 7.65. The van der Waals surface area contributed by atoms with Gasteiger partial charge in [-0.3, -0.25) is 23.7 Å². The van der Waals surface area contributed by atoms with Crippen LogP contribution in [0.15, 0.2) is 53.6 Å². The minimum Gasteiger partial charge on any atom is -0.327 e. The number of aromatic nitrogens is 2. The fourth-order valence-corrected chi connectivity index (χ4v) is 4.14. The summed E-state index contributed by atoms with van der Waals surface area (Å²) in [7, 11) is 0. The van der Waals surface area contributed by atoms with Crippen molar-refractivity contribution < 1.29 is 14.4 Å². The Morgan fingerprint density at radius 3 is 2.87 bits per heavy atom. The summed E-state index contributed by atoms with van der Waals surface area (Å²) in [5.41, 5.74) is 1.43. The van der Waals surface area contributed by atoms with Crippen molar-refractivity contribution in [3.63, 3.8) is 0 Å². The van der Waals surface area contributed by atoms with Crippen LogP contribution in [0.4, 0.5) is 11.4 Å². The van der Waals surface area contributed by atoms with Crippen LogP contribution in [-0.2, 0) is 16.1 Å².